The Morgan fingerprint density at radius 3 is 1.88 bits per heavy atom. The maximum Gasteiger partial charge on any atom is 0.500 e. The van der Waals surface area contributed by atoms with Gasteiger partial charge in [-0.3, -0.25) is 4.79 Å². The molecule has 0 aromatic rings. The van der Waals surface area contributed by atoms with E-state index < -0.39 is 26.4 Å². The van der Waals surface area contributed by atoms with E-state index in [1.807, 2.05) is 20.8 Å². The Kier molecular flexibility index (Phi) is 11.7. The molecule has 0 atom stereocenters. The first-order valence-electron chi connectivity index (χ1n) is 8.83. The summed E-state index contributed by atoms with van der Waals surface area (Å²) in [5, 5.41) is 5.17. The van der Waals surface area contributed by atoms with E-state index in [4.69, 9.17) is 18.0 Å². The first kappa shape index (κ1) is 23.8. The SMILES string of the molecule is CCO[Si](CCCNC(=O)NCC(=O)OC(C)(C)C)(OCC)OCC. The maximum absolute atomic E-state index is 11.7. The fraction of sp³-hybridized carbons (Fsp3) is 0.875. The van der Waals surface area contributed by atoms with Crippen LogP contribution in [0.15, 0.2) is 0 Å². The lowest BCUT2D eigenvalue weighted by atomic mass is 10.2. The van der Waals surface area contributed by atoms with Crippen molar-refractivity contribution in [3.63, 3.8) is 0 Å². The average Bonchev–Trinajstić information content (AvgIpc) is 2.49. The van der Waals surface area contributed by atoms with Crippen molar-refractivity contribution in [3.8, 4) is 0 Å². The highest BCUT2D eigenvalue weighted by Crippen LogP contribution is 2.17. The van der Waals surface area contributed by atoms with Crippen LogP contribution < -0.4 is 10.6 Å². The van der Waals surface area contributed by atoms with Crippen molar-refractivity contribution in [2.75, 3.05) is 32.9 Å². The van der Waals surface area contributed by atoms with Crippen LogP contribution in [0.25, 0.3) is 0 Å². The quantitative estimate of drug-likeness (QED) is 0.307. The summed E-state index contributed by atoms with van der Waals surface area (Å²) in [4.78, 5) is 23.2. The summed E-state index contributed by atoms with van der Waals surface area (Å²) < 4.78 is 22.4. The number of urea groups is 1. The summed E-state index contributed by atoms with van der Waals surface area (Å²) in [5.41, 5.74) is -0.568. The zero-order valence-electron chi connectivity index (χ0n) is 16.4. The van der Waals surface area contributed by atoms with Crippen molar-refractivity contribution in [1.29, 1.82) is 0 Å². The largest absolute Gasteiger partial charge is 0.500 e. The molecule has 0 aliphatic heterocycles. The molecule has 0 saturated heterocycles. The molecule has 0 saturated carbocycles. The molecule has 0 aliphatic rings. The molecular weight excluding hydrogens is 344 g/mol. The highest BCUT2D eigenvalue weighted by atomic mass is 28.4. The van der Waals surface area contributed by atoms with E-state index in [0.29, 0.717) is 38.8 Å². The molecule has 148 valence electrons. The van der Waals surface area contributed by atoms with Gasteiger partial charge in [-0.25, -0.2) is 4.79 Å². The van der Waals surface area contributed by atoms with Gasteiger partial charge in [0.25, 0.3) is 0 Å². The topological polar surface area (TPSA) is 95.1 Å². The predicted octanol–water partition coefficient (Wildman–Crippen LogP) is 2.07. The van der Waals surface area contributed by atoms with Gasteiger partial charge in [-0.15, -0.1) is 0 Å². The van der Waals surface area contributed by atoms with E-state index in [2.05, 4.69) is 10.6 Å². The van der Waals surface area contributed by atoms with Crippen molar-refractivity contribution >= 4 is 20.8 Å². The third-order valence-corrected chi connectivity index (χ3v) is 6.00. The highest BCUT2D eigenvalue weighted by molar-refractivity contribution is 6.60. The van der Waals surface area contributed by atoms with Gasteiger partial charge < -0.3 is 28.6 Å². The number of hydrogen-bond acceptors (Lipinski definition) is 6. The Bertz CT molecular complexity index is 384. The van der Waals surface area contributed by atoms with Gasteiger partial charge in [0.15, 0.2) is 0 Å². The molecule has 9 heteroatoms. The van der Waals surface area contributed by atoms with Crippen LogP contribution in [0.2, 0.25) is 6.04 Å². The standard InChI is InChI=1S/C16H34N2O6Si/c1-7-21-25(22-8-2,23-9-3)12-10-11-17-15(20)18-13-14(19)24-16(4,5)6/h7-13H2,1-6H3,(H2,17,18,20). The smallest absolute Gasteiger partial charge is 0.459 e. The van der Waals surface area contributed by atoms with Crippen molar-refractivity contribution in [2.24, 2.45) is 0 Å². The Labute approximate surface area is 152 Å². The average molecular weight is 379 g/mol. The van der Waals surface area contributed by atoms with Crippen molar-refractivity contribution < 1.29 is 27.6 Å². The van der Waals surface area contributed by atoms with Crippen LogP contribution in [-0.4, -0.2) is 59.3 Å². The minimum absolute atomic E-state index is 0.168. The Morgan fingerprint density at radius 2 is 1.44 bits per heavy atom. The van der Waals surface area contributed by atoms with Gasteiger partial charge in [-0.1, -0.05) is 0 Å². The lowest BCUT2D eigenvalue weighted by Gasteiger charge is -2.28. The number of carbonyl (C=O) groups excluding carboxylic acids is 2. The van der Waals surface area contributed by atoms with Crippen LogP contribution in [0.1, 0.15) is 48.0 Å². The molecule has 0 heterocycles. The van der Waals surface area contributed by atoms with E-state index in [-0.39, 0.29) is 6.54 Å². The van der Waals surface area contributed by atoms with Gasteiger partial charge in [0, 0.05) is 32.4 Å². The van der Waals surface area contributed by atoms with Crippen LogP contribution in [0.4, 0.5) is 4.79 Å². The minimum atomic E-state index is -2.68. The van der Waals surface area contributed by atoms with Gasteiger partial charge in [-0.05, 0) is 48.0 Å². The summed E-state index contributed by atoms with van der Waals surface area (Å²) >= 11 is 0. The summed E-state index contributed by atoms with van der Waals surface area (Å²) in [7, 11) is -2.68. The number of nitrogens with one attached hydrogen (secondary N) is 2. The molecule has 0 spiro atoms. The number of ether oxygens (including phenoxy) is 1. The van der Waals surface area contributed by atoms with Crippen LogP contribution in [0.3, 0.4) is 0 Å². The van der Waals surface area contributed by atoms with Crippen LogP contribution in [0, 0.1) is 0 Å². The Hall–Kier alpha value is -1.16. The summed E-state index contributed by atoms with van der Waals surface area (Å²) in [6, 6.07) is 0.205. The molecule has 0 aromatic heterocycles. The van der Waals surface area contributed by atoms with E-state index in [0.717, 1.165) is 0 Å². The monoisotopic (exact) mass is 378 g/mol. The lowest BCUT2D eigenvalue weighted by molar-refractivity contribution is -0.153. The molecule has 0 fully saturated rings. The van der Waals surface area contributed by atoms with Crippen molar-refractivity contribution in [2.45, 2.75) is 59.6 Å². The summed E-state index contributed by atoms with van der Waals surface area (Å²) in [5.74, 6) is -0.474. The third kappa shape index (κ3) is 11.9. The van der Waals surface area contributed by atoms with Gasteiger partial charge in [0.05, 0.1) is 0 Å². The zero-order chi connectivity index (χ0) is 19.3. The zero-order valence-corrected chi connectivity index (χ0v) is 17.4. The predicted molar refractivity (Wildman–Crippen MR) is 97.3 cm³/mol. The number of hydrogen-bond donors (Lipinski definition) is 2. The lowest BCUT2D eigenvalue weighted by Crippen LogP contribution is -2.47. The minimum Gasteiger partial charge on any atom is -0.459 e. The summed E-state index contributed by atoms with van der Waals surface area (Å²) in [6.45, 7) is 12.9. The molecule has 2 amide bonds. The number of rotatable bonds is 12. The molecular formula is C16H34N2O6Si. The van der Waals surface area contributed by atoms with Crippen LogP contribution in [-0.2, 0) is 22.8 Å². The fourth-order valence-electron chi connectivity index (χ4n) is 2.10. The molecule has 0 radical (unpaired) electrons. The van der Waals surface area contributed by atoms with Crippen molar-refractivity contribution in [3.05, 3.63) is 0 Å². The first-order chi connectivity index (χ1) is 11.7. The third-order valence-electron chi connectivity index (χ3n) is 2.85. The molecule has 0 aromatic carbocycles. The van der Waals surface area contributed by atoms with Gasteiger partial charge in [0.1, 0.15) is 12.1 Å². The van der Waals surface area contributed by atoms with Crippen molar-refractivity contribution in [1.82, 2.24) is 10.6 Å². The first-order valence-corrected chi connectivity index (χ1v) is 10.8. The second-order valence-corrected chi connectivity index (χ2v) is 9.01. The molecule has 25 heavy (non-hydrogen) atoms. The molecule has 0 aliphatic carbocycles. The fourth-order valence-corrected chi connectivity index (χ4v) is 4.71. The van der Waals surface area contributed by atoms with E-state index in [1.54, 1.807) is 20.8 Å². The van der Waals surface area contributed by atoms with E-state index in [9.17, 15) is 9.59 Å². The second-order valence-electron chi connectivity index (χ2n) is 6.28. The molecule has 0 rings (SSSR count). The normalized spacial score (nSPS) is 11.9. The second kappa shape index (κ2) is 12.2. The van der Waals surface area contributed by atoms with Gasteiger partial charge in [0.2, 0.25) is 0 Å². The van der Waals surface area contributed by atoms with Crippen LogP contribution in [0.5, 0.6) is 0 Å². The number of amides is 2. The van der Waals surface area contributed by atoms with Crippen LogP contribution >= 0.6 is 0 Å². The molecule has 0 unspecified atom stereocenters. The number of esters is 1. The van der Waals surface area contributed by atoms with E-state index in [1.165, 1.54) is 0 Å². The number of carbonyl (C=O) groups is 2. The highest BCUT2D eigenvalue weighted by Gasteiger charge is 2.39. The molecule has 8 nitrogen and oxygen atoms in total. The van der Waals surface area contributed by atoms with Gasteiger partial charge >= 0.3 is 20.8 Å². The Morgan fingerprint density at radius 1 is 0.920 bits per heavy atom. The molecule has 0 bridgehead atoms. The van der Waals surface area contributed by atoms with E-state index >= 15 is 0 Å². The van der Waals surface area contributed by atoms with Gasteiger partial charge in [-0.2, -0.15) is 0 Å². The molecule has 2 N–H and O–H groups in total. The Balaban J connectivity index is 4.14. The summed E-state index contributed by atoms with van der Waals surface area (Å²) in [6.07, 6.45) is 0.659. The maximum atomic E-state index is 11.7.